The standard InChI is InChI=1S/C34H53N3O5/c1-20-7-10-34(41-19-20)21(2)31-27(42-34)16-26-24-6-5-22-15-23(36-29(39)18-30(40)37-13-11-35-12-14-37)8-9-32(22,3)25(24)17-28(38)33(26,31)4/h20-27,31,35H,5-19H2,1-4H3,(H,36,39)/t20-,21+,22+,23-,24-,25+,26+,27+,31+,32+,33-,34-/m1/s1. The summed E-state index contributed by atoms with van der Waals surface area (Å²) in [6, 6.07) is 0.127. The highest BCUT2D eigenvalue weighted by molar-refractivity contribution is 5.97. The molecule has 8 nitrogen and oxygen atoms in total. The van der Waals surface area contributed by atoms with Crippen LogP contribution >= 0.6 is 0 Å². The van der Waals surface area contributed by atoms with Crippen LogP contribution in [0.25, 0.3) is 0 Å². The van der Waals surface area contributed by atoms with Crippen LogP contribution in [-0.2, 0) is 23.9 Å². The van der Waals surface area contributed by atoms with Crippen LogP contribution in [0.1, 0.15) is 91.9 Å². The number of nitrogens with one attached hydrogen (secondary N) is 2. The number of Topliss-reactive ketones (excluding diaryl/α,β-unsaturated/α-hetero) is 1. The quantitative estimate of drug-likeness (QED) is 0.489. The zero-order chi connectivity index (χ0) is 29.4. The number of piperazine rings is 1. The van der Waals surface area contributed by atoms with E-state index in [1.807, 2.05) is 0 Å². The van der Waals surface area contributed by atoms with Gasteiger partial charge in [0.1, 0.15) is 12.2 Å². The van der Waals surface area contributed by atoms with Crippen LogP contribution in [0.3, 0.4) is 0 Å². The van der Waals surface area contributed by atoms with Gasteiger partial charge in [-0.15, -0.1) is 0 Å². The van der Waals surface area contributed by atoms with Crippen molar-refractivity contribution in [1.82, 2.24) is 15.5 Å². The van der Waals surface area contributed by atoms with E-state index in [1.54, 1.807) is 4.90 Å². The fourth-order valence-corrected chi connectivity index (χ4v) is 11.5. The Morgan fingerprint density at radius 1 is 1.02 bits per heavy atom. The summed E-state index contributed by atoms with van der Waals surface area (Å²) in [4.78, 5) is 41.6. The van der Waals surface area contributed by atoms with E-state index in [1.165, 1.54) is 12.8 Å². The van der Waals surface area contributed by atoms with Crippen molar-refractivity contribution < 1.29 is 23.9 Å². The molecule has 4 aliphatic carbocycles. The summed E-state index contributed by atoms with van der Waals surface area (Å²) in [5.41, 5.74) is -0.182. The molecule has 234 valence electrons. The van der Waals surface area contributed by atoms with Gasteiger partial charge < -0.3 is 25.0 Å². The maximum atomic E-state index is 14.3. The van der Waals surface area contributed by atoms with E-state index in [9.17, 15) is 14.4 Å². The Bertz CT molecular complexity index is 1100. The molecule has 2 amide bonds. The third-order valence-electron chi connectivity index (χ3n) is 13.9. The largest absolute Gasteiger partial charge is 0.353 e. The number of ketones is 1. The Balaban J connectivity index is 1.01. The molecular weight excluding hydrogens is 530 g/mol. The Labute approximate surface area is 251 Å². The van der Waals surface area contributed by atoms with E-state index >= 15 is 0 Å². The van der Waals surface area contributed by atoms with Gasteiger partial charge in [0.15, 0.2) is 5.79 Å². The molecule has 0 radical (unpaired) electrons. The normalized spacial score (nSPS) is 50.0. The van der Waals surface area contributed by atoms with Crippen LogP contribution in [0.5, 0.6) is 0 Å². The zero-order valence-electron chi connectivity index (χ0n) is 26.3. The van der Waals surface area contributed by atoms with Crippen molar-refractivity contribution >= 4 is 17.6 Å². The van der Waals surface area contributed by atoms with Gasteiger partial charge in [0.05, 0.1) is 12.7 Å². The molecule has 0 aromatic carbocycles. The van der Waals surface area contributed by atoms with E-state index in [0.29, 0.717) is 54.9 Å². The van der Waals surface area contributed by atoms with Gasteiger partial charge in [-0.2, -0.15) is 0 Å². The molecule has 42 heavy (non-hydrogen) atoms. The van der Waals surface area contributed by atoms with Crippen molar-refractivity contribution in [1.29, 1.82) is 0 Å². The predicted octanol–water partition coefficient (Wildman–Crippen LogP) is 3.92. The summed E-state index contributed by atoms with van der Waals surface area (Å²) in [5.74, 6) is 2.76. The minimum atomic E-state index is -0.491. The van der Waals surface area contributed by atoms with Crippen LogP contribution in [-0.4, -0.2) is 73.2 Å². The molecule has 7 aliphatic rings. The highest BCUT2D eigenvalue weighted by atomic mass is 16.7. The summed E-state index contributed by atoms with van der Waals surface area (Å²) in [7, 11) is 0. The molecule has 7 fully saturated rings. The number of nitrogens with zero attached hydrogens (tertiary/aromatic N) is 1. The molecule has 2 N–H and O–H groups in total. The minimum Gasteiger partial charge on any atom is -0.353 e. The second kappa shape index (κ2) is 10.5. The first-order chi connectivity index (χ1) is 20.0. The third-order valence-corrected chi connectivity index (χ3v) is 13.9. The fourth-order valence-electron chi connectivity index (χ4n) is 11.5. The Morgan fingerprint density at radius 3 is 2.55 bits per heavy atom. The van der Waals surface area contributed by atoms with Gasteiger partial charge in [0, 0.05) is 62.3 Å². The summed E-state index contributed by atoms with van der Waals surface area (Å²) < 4.78 is 13.3. The first kappa shape index (κ1) is 29.2. The van der Waals surface area contributed by atoms with E-state index < -0.39 is 5.79 Å². The van der Waals surface area contributed by atoms with Crippen LogP contribution in [0.4, 0.5) is 0 Å². The third kappa shape index (κ3) is 4.43. The van der Waals surface area contributed by atoms with E-state index in [2.05, 4.69) is 38.3 Å². The summed E-state index contributed by atoms with van der Waals surface area (Å²) in [6.45, 7) is 13.0. The predicted molar refractivity (Wildman–Crippen MR) is 158 cm³/mol. The Morgan fingerprint density at radius 2 is 1.81 bits per heavy atom. The fraction of sp³-hybridized carbons (Fsp3) is 0.912. The van der Waals surface area contributed by atoms with Crippen molar-refractivity contribution in [2.75, 3.05) is 32.8 Å². The summed E-state index contributed by atoms with van der Waals surface area (Å²) in [5, 5.41) is 6.48. The molecule has 3 aliphatic heterocycles. The number of hydrogen-bond donors (Lipinski definition) is 2. The lowest BCUT2D eigenvalue weighted by molar-refractivity contribution is -0.272. The second-order valence-electron chi connectivity index (χ2n) is 15.9. The SMILES string of the molecule is C[C@@H]1CC[C@@]2(OC1)O[C@H]1C[C@H]3[C@@H]4CC[C@H]5C[C@H](NC(=O)CC(=O)N6CCNCC6)CC[C@]5(C)[C@H]4CC(=O)[C@]3(C)[C@H]1[C@@H]2C. The van der Waals surface area contributed by atoms with E-state index in [4.69, 9.17) is 9.47 Å². The smallest absolute Gasteiger partial charge is 0.232 e. The van der Waals surface area contributed by atoms with Gasteiger partial charge >= 0.3 is 0 Å². The van der Waals surface area contributed by atoms with Crippen LogP contribution in [0, 0.1) is 52.3 Å². The number of ether oxygens (including phenoxy) is 2. The lowest BCUT2D eigenvalue weighted by atomic mass is 9.44. The molecule has 1 spiro atoms. The maximum absolute atomic E-state index is 14.3. The lowest BCUT2D eigenvalue weighted by Gasteiger charge is -2.60. The van der Waals surface area contributed by atoms with Gasteiger partial charge in [-0.05, 0) is 80.0 Å². The molecule has 0 aromatic rings. The topological polar surface area (TPSA) is 97.0 Å². The number of fused-ring (bicyclic) bond motifs is 7. The van der Waals surface area contributed by atoms with Gasteiger partial charge in [-0.1, -0.05) is 27.7 Å². The number of amides is 2. The van der Waals surface area contributed by atoms with Crippen LogP contribution in [0.15, 0.2) is 0 Å². The Hall–Kier alpha value is -1.51. The second-order valence-corrected chi connectivity index (χ2v) is 15.9. The first-order valence-electron chi connectivity index (χ1n) is 17.2. The average Bonchev–Trinajstić information content (AvgIpc) is 3.42. The molecule has 0 unspecified atom stereocenters. The summed E-state index contributed by atoms with van der Waals surface area (Å²) in [6.07, 6.45) is 9.15. The van der Waals surface area contributed by atoms with E-state index in [0.717, 1.165) is 58.2 Å². The molecule has 8 heteroatoms. The zero-order valence-corrected chi connectivity index (χ0v) is 26.3. The number of carbonyl (C=O) groups is 3. The van der Waals surface area contributed by atoms with Gasteiger partial charge in [-0.25, -0.2) is 0 Å². The van der Waals surface area contributed by atoms with Crippen molar-refractivity contribution in [3.63, 3.8) is 0 Å². The number of hydrogen-bond acceptors (Lipinski definition) is 6. The average molecular weight is 584 g/mol. The van der Waals surface area contributed by atoms with Crippen LogP contribution in [0.2, 0.25) is 0 Å². The molecule has 4 saturated carbocycles. The Kier molecular flexibility index (Phi) is 7.33. The molecule has 12 atom stereocenters. The molecular formula is C34H53N3O5. The van der Waals surface area contributed by atoms with Crippen LogP contribution < -0.4 is 10.6 Å². The van der Waals surface area contributed by atoms with Gasteiger partial charge in [0.2, 0.25) is 11.8 Å². The highest BCUT2D eigenvalue weighted by Gasteiger charge is 2.71. The highest BCUT2D eigenvalue weighted by Crippen LogP contribution is 2.70. The van der Waals surface area contributed by atoms with E-state index in [-0.39, 0.29) is 53.0 Å². The van der Waals surface area contributed by atoms with Gasteiger partial charge in [0.25, 0.3) is 0 Å². The molecule has 3 heterocycles. The molecule has 3 saturated heterocycles. The number of rotatable bonds is 3. The molecule has 7 rings (SSSR count). The van der Waals surface area contributed by atoms with Crippen molar-refractivity contribution in [2.45, 2.75) is 110 Å². The van der Waals surface area contributed by atoms with Crippen molar-refractivity contribution in [2.24, 2.45) is 52.3 Å². The monoisotopic (exact) mass is 583 g/mol. The van der Waals surface area contributed by atoms with Crippen molar-refractivity contribution in [3.8, 4) is 0 Å². The molecule has 0 bridgehead atoms. The first-order valence-corrected chi connectivity index (χ1v) is 17.2. The maximum Gasteiger partial charge on any atom is 0.232 e. The summed E-state index contributed by atoms with van der Waals surface area (Å²) >= 11 is 0. The number of carbonyl (C=O) groups excluding carboxylic acids is 3. The minimum absolute atomic E-state index is 0.0495. The lowest BCUT2D eigenvalue weighted by Crippen LogP contribution is -2.59. The molecule has 0 aromatic heterocycles. The van der Waals surface area contributed by atoms with Crippen molar-refractivity contribution in [3.05, 3.63) is 0 Å². The van der Waals surface area contributed by atoms with Gasteiger partial charge in [-0.3, -0.25) is 14.4 Å².